The second kappa shape index (κ2) is 5.19. The first-order chi connectivity index (χ1) is 8.16. The summed E-state index contributed by atoms with van der Waals surface area (Å²) in [5.74, 6) is 0.698. The Morgan fingerprint density at radius 3 is 2.76 bits per heavy atom. The van der Waals surface area contributed by atoms with Crippen LogP contribution < -0.4 is 10.6 Å². The van der Waals surface area contributed by atoms with Crippen molar-refractivity contribution in [2.45, 2.75) is 25.9 Å². The fourth-order valence-electron chi connectivity index (χ4n) is 2.10. The van der Waals surface area contributed by atoms with Crippen molar-refractivity contribution in [3.63, 3.8) is 0 Å². The van der Waals surface area contributed by atoms with Gasteiger partial charge in [-0.25, -0.2) is 0 Å². The summed E-state index contributed by atoms with van der Waals surface area (Å²) in [6.45, 7) is 3.51. The van der Waals surface area contributed by atoms with E-state index in [-0.39, 0.29) is 17.7 Å². The van der Waals surface area contributed by atoms with Crippen LogP contribution in [0.2, 0.25) is 0 Å². The predicted octanol–water partition coefficient (Wildman–Crippen LogP) is 1.01. The van der Waals surface area contributed by atoms with Gasteiger partial charge in [0.25, 0.3) is 0 Å². The van der Waals surface area contributed by atoms with Gasteiger partial charge in [0.1, 0.15) is 5.75 Å². The number of phenols is 1. The van der Waals surface area contributed by atoms with Gasteiger partial charge in [-0.3, -0.25) is 4.79 Å². The summed E-state index contributed by atoms with van der Waals surface area (Å²) >= 11 is 0. The standard InChI is InChI=1S/C13H18N2O2/c1-9-6-7-14-12(9)13(17)15-8-10-2-4-11(16)5-3-10/h2-5,9,12,14,16H,6-8H2,1H3,(H,15,17). The molecule has 1 aromatic carbocycles. The molecule has 1 heterocycles. The van der Waals surface area contributed by atoms with Crippen LogP contribution in [0.3, 0.4) is 0 Å². The van der Waals surface area contributed by atoms with Crippen LogP contribution in [0, 0.1) is 5.92 Å². The van der Waals surface area contributed by atoms with Crippen molar-refractivity contribution in [2.75, 3.05) is 6.54 Å². The number of amides is 1. The molecule has 4 nitrogen and oxygen atoms in total. The van der Waals surface area contributed by atoms with Crippen molar-refractivity contribution in [3.8, 4) is 5.75 Å². The molecule has 1 fully saturated rings. The lowest BCUT2D eigenvalue weighted by Gasteiger charge is -2.15. The molecule has 92 valence electrons. The number of carbonyl (C=O) groups is 1. The quantitative estimate of drug-likeness (QED) is 0.731. The fourth-order valence-corrected chi connectivity index (χ4v) is 2.10. The van der Waals surface area contributed by atoms with E-state index in [1.54, 1.807) is 24.3 Å². The van der Waals surface area contributed by atoms with Gasteiger partial charge in [0.2, 0.25) is 5.91 Å². The summed E-state index contributed by atoms with van der Waals surface area (Å²) in [7, 11) is 0. The lowest BCUT2D eigenvalue weighted by molar-refractivity contribution is -0.123. The van der Waals surface area contributed by atoms with Gasteiger partial charge in [-0.05, 0) is 36.6 Å². The zero-order valence-electron chi connectivity index (χ0n) is 9.94. The summed E-state index contributed by atoms with van der Waals surface area (Å²) < 4.78 is 0. The van der Waals surface area contributed by atoms with E-state index in [9.17, 15) is 4.79 Å². The molecule has 1 aromatic rings. The van der Waals surface area contributed by atoms with Crippen LogP contribution in [-0.4, -0.2) is 23.6 Å². The molecule has 1 aliphatic heterocycles. The summed E-state index contributed by atoms with van der Waals surface area (Å²) in [6, 6.07) is 6.80. The average molecular weight is 234 g/mol. The highest BCUT2D eigenvalue weighted by atomic mass is 16.3. The van der Waals surface area contributed by atoms with Gasteiger partial charge in [0, 0.05) is 6.54 Å². The average Bonchev–Trinajstić information content (AvgIpc) is 2.74. The Labute approximate surface area is 101 Å². The highest BCUT2D eigenvalue weighted by Crippen LogP contribution is 2.14. The Hall–Kier alpha value is -1.55. The van der Waals surface area contributed by atoms with Crippen molar-refractivity contribution in [3.05, 3.63) is 29.8 Å². The van der Waals surface area contributed by atoms with E-state index in [1.165, 1.54) is 0 Å². The molecule has 1 aliphatic rings. The first-order valence-corrected chi connectivity index (χ1v) is 5.96. The molecule has 0 aromatic heterocycles. The second-order valence-electron chi connectivity index (χ2n) is 4.58. The van der Waals surface area contributed by atoms with E-state index in [0.29, 0.717) is 12.5 Å². The summed E-state index contributed by atoms with van der Waals surface area (Å²) in [5.41, 5.74) is 0.988. The minimum absolute atomic E-state index is 0.0584. The number of benzene rings is 1. The zero-order chi connectivity index (χ0) is 12.3. The normalized spacial score (nSPS) is 23.6. The molecular formula is C13H18N2O2. The molecule has 0 saturated carbocycles. The number of nitrogens with one attached hydrogen (secondary N) is 2. The van der Waals surface area contributed by atoms with E-state index < -0.39 is 0 Å². The van der Waals surface area contributed by atoms with Crippen molar-refractivity contribution >= 4 is 5.91 Å². The number of phenolic OH excluding ortho intramolecular Hbond substituents is 1. The minimum atomic E-state index is -0.0629. The van der Waals surface area contributed by atoms with Gasteiger partial charge in [0.15, 0.2) is 0 Å². The lowest BCUT2D eigenvalue weighted by atomic mass is 10.0. The highest BCUT2D eigenvalue weighted by molar-refractivity contribution is 5.82. The molecule has 0 radical (unpaired) electrons. The Kier molecular flexibility index (Phi) is 3.64. The molecule has 2 unspecified atom stereocenters. The van der Waals surface area contributed by atoms with Crippen molar-refractivity contribution in [1.82, 2.24) is 10.6 Å². The summed E-state index contributed by atoms with van der Waals surface area (Å²) in [5, 5.41) is 15.3. The van der Waals surface area contributed by atoms with E-state index in [1.807, 2.05) is 0 Å². The topological polar surface area (TPSA) is 61.4 Å². The van der Waals surface area contributed by atoms with Gasteiger partial charge in [0.05, 0.1) is 6.04 Å². The smallest absolute Gasteiger partial charge is 0.237 e. The van der Waals surface area contributed by atoms with Crippen molar-refractivity contribution < 1.29 is 9.90 Å². The van der Waals surface area contributed by atoms with Gasteiger partial charge in [-0.1, -0.05) is 19.1 Å². The van der Waals surface area contributed by atoms with E-state index >= 15 is 0 Å². The monoisotopic (exact) mass is 234 g/mol. The molecule has 0 bridgehead atoms. The fraction of sp³-hybridized carbons (Fsp3) is 0.462. The SMILES string of the molecule is CC1CCNC1C(=O)NCc1ccc(O)cc1. The Balaban J connectivity index is 1.85. The second-order valence-corrected chi connectivity index (χ2v) is 4.58. The molecule has 1 amide bonds. The van der Waals surface area contributed by atoms with Crippen LogP contribution in [0.5, 0.6) is 5.75 Å². The third-order valence-corrected chi connectivity index (χ3v) is 3.22. The Morgan fingerprint density at radius 1 is 1.47 bits per heavy atom. The molecular weight excluding hydrogens is 216 g/mol. The van der Waals surface area contributed by atoms with Crippen molar-refractivity contribution in [1.29, 1.82) is 0 Å². The highest BCUT2D eigenvalue weighted by Gasteiger charge is 2.28. The number of aromatic hydroxyl groups is 1. The lowest BCUT2D eigenvalue weighted by Crippen LogP contribution is -2.42. The third-order valence-electron chi connectivity index (χ3n) is 3.22. The molecule has 0 aliphatic carbocycles. The molecule has 3 N–H and O–H groups in total. The van der Waals surface area contributed by atoms with Gasteiger partial charge in [-0.15, -0.1) is 0 Å². The van der Waals surface area contributed by atoms with Crippen LogP contribution in [0.25, 0.3) is 0 Å². The maximum atomic E-state index is 11.9. The number of hydrogen-bond acceptors (Lipinski definition) is 3. The van der Waals surface area contributed by atoms with Gasteiger partial charge < -0.3 is 15.7 Å². The van der Waals surface area contributed by atoms with Crippen LogP contribution >= 0.6 is 0 Å². The van der Waals surface area contributed by atoms with Crippen LogP contribution in [-0.2, 0) is 11.3 Å². The third kappa shape index (κ3) is 2.97. The van der Waals surface area contributed by atoms with E-state index in [2.05, 4.69) is 17.6 Å². The van der Waals surface area contributed by atoms with Crippen LogP contribution in [0.4, 0.5) is 0 Å². The van der Waals surface area contributed by atoms with E-state index in [0.717, 1.165) is 18.5 Å². The summed E-state index contributed by atoms with van der Waals surface area (Å²) in [4.78, 5) is 11.9. The zero-order valence-corrected chi connectivity index (χ0v) is 9.94. The summed E-state index contributed by atoms with van der Waals surface area (Å²) in [6.07, 6.45) is 1.05. The molecule has 2 rings (SSSR count). The first-order valence-electron chi connectivity index (χ1n) is 5.96. The van der Waals surface area contributed by atoms with E-state index in [4.69, 9.17) is 5.11 Å². The largest absolute Gasteiger partial charge is 0.508 e. The predicted molar refractivity (Wildman–Crippen MR) is 65.5 cm³/mol. The Bertz CT molecular complexity index is 389. The maximum Gasteiger partial charge on any atom is 0.237 e. The van der Waals surface area contributed by atoms with Crippen molar-refractivity contribution in [2.24, 2.45) is 5.92 Å². The molecule has 2 atom stereocenters. The van der Waals surface area contributed by atoms with Gasteiger partial charge >= 0.3 is 0 Å². The molecule has 0 spiro atoms. The first kappa shape index (κ1) is 11.9. The van der Waals surface area contributed by atoms with Crippen LogP contribution in [0.1, 0.15) is 18.9 Å². The number of rotatable bonds is 3. The maximum absolute atomic E-state index is 11.9. The molecule has 17 heavy (non-hydrogen) atoms. The molecule has 4 heteroatoms. The van der Waals surface area contributed by atoms with Gasteiger partial charge in [-0.2, -0.15) is 0 Å². The van der Waals surface area contributed by atoms with Crippen LogP contribution in [0.15, 0.2) is 24.3 Å². The minimum Gasteiger partial charge on any atom is -0.508 e. The Morgan fingerprint density at radius 2 is 2.18 bits per heavy atom. The number of carbonyl (C=O) groups excluding carboxylic acids is 1. The number of hydrogen-bond donors (Lipinski definition) is 3. The molecule has 1 saturated heterocycles.